The molecule has 0 aliphatic rings. The summed E-state index contributed by atoms with van der Waals surface area (Å²) in [7, 11) is 0. The minimum absolute atomic E-state index is 0.198. The summed E-state index contributed by atoms with van der Waals surface area (Å²) < 4.78 is 8.75. The first-order valence-electron chi connectivity index (χ1n) is 6.41. The fraction of sp³-hybridized carbons (Fsp3) is 0.923. The number of hydrogen-bond acceptors (Lipinski definition) is 6. The molecular weight excluding hydrogens is 412 g/mol. The van der Waals surface area contributed by atoms with Gasteiger partial charge in [-0.1, -0.05) is 31.9 Å². The molecule has 0 radical (unpaired) electrons. The molecule has 2 atom stereocenters. The summed E-state index contributed by atoms with van der Waals surface area (Å²) in [5, 5.41) is 28.8. The number of aliphatic hydroxyl groups excluding tert-OH is 2. The zero-order valence-electron chi connectivity index (χ0n) is 12.9. The molecule has 0 aliphatic heterocycles. The standard InChI is InChI=1S/C13H24Br2O6/c1-11(2,14)9(18)20-6-13(5,8(16)17)7-21-10(19)12(3,4)15/h8-9,16-18H,6-7H2,1-5H3. The minimum Gasteiger partial charge on any atom is -0.464 e. The summed E-state index contributed by atoms with van der Waals surface area (Å²) in [6, 6.07) is 0. The Bertz CT molecular complexity index is 348. The van der Waals surface area contributed by atoms with Gasteiger partial charge in [0.2, 0.25) is 0 Å². The van der Waals surface area contributed by atoms with E-state index < -0.39 is 32.6 Å². The van der Waals surface area contributed by atoms with Crippen LogP contribution >= 0.6 is 31.9 Å². The van der Waals surface area contributed by atoms with Gasteiger partial charge in [0, 0.05) is 0 Å². The van der Waals surface area contributed by atoms with Crippen molar-refractivity contribution in [2.75, 3.05) is 13.2 Å². The van der Waals surface area contributed by atoms with Crippen molar-refractivity contribution in [2.24, 2.45) is 5.41 Å². The molecule has 0 bridgehead atoms. The van der Waals surface area contributed by atoms with Crippen LogP contribution in [0.15, 0.2) is 0 Å². The van der Waals surface area contributed by atoms with Crippen LogP contribution < -0.4 is 0 Å². The number of carbonyl (C=O) groups is 1. The Labute approximate surface area is 142 Å². The Morgan fingerprint density at radius 2 is 1.52 bits per heavy atom. The maximum atomic E-state index is 11.7. The van der Waals surface area contributed by atoms with Crippen LogP contribution in [0.3, 0.4) is 0 Å². The molecule has 0 saturated carbocycles. The fourth-order valence-electron chi connectivity index (χ4n) is 1.06. The van der Waals surface area contributed by atoms with Crippen LogP contribution in [0.2, 0.25) is 0 Å². The van der Waals surface area contributed by atoms with Crippen LogP contribution in [0.5, 0.6) is 0 Å². The van der Waals surface area contributed by atoms with Crippen molar-refractivity contribution in [1.29, 1.82) is 0 Å². The SMILES string of the molecule is CC(C)(Br)C(=O)OCC(C)(COC(O)C(C)(C)Br)C(O)O. The molecule has 0 aromatic rings. The molecule has 3 N–H and O–H groups in total. The van der Waals surface area contributed by atoms with E-state index in [0.717, 1.165) is 0 Å². The maximum absolute atomic E-state index is 11.7. The van der Waals surface area contributed by atoms with Gasteiger partial charge in [0.15, 0.2) is 12.6 Å². The number of alkyl halides is 2. The number of carbonyl (C=O) groups excluding carboxylic acids is 1. The lowest BCUT2D eigenvalue weighted by atomic mass is 9.92. The molecule has 0 amide bonds. The summed E-state index contributed by atoms with van der Waals surface area (Å²) in [4.78, 5) is 11.7. The molecule has 0 aromatic carbocycles. The number of hydrogen-bond donors (Lipinski definition) is 3. The van der Waals surface area contributed by atoms with Crippen LogP contribution in [0, 0.1) is 5.41 Å². The molecular formula is C13H24Br2O6. The van der Waals surface area contributed by atoms with E-state index in [4.69, 9.17) is 9.47 Å². The maximum Gasteiger partial charge on any atom is 0.322 e. The third-order valence-electron chi connectivity index (χ3n) is 2.80. The average Bonchev–Trinajstić information content (AvgIpc) is 2.30. The van der Waals surface area contributed by atoms with Gasteiger partial charge in [-0.25, -0.2) is 0 Å². The van der Waals surface area contributed by atoms with Crippen molar-refractivity contribution >= 4 is 37.8 Å². The van der Waals surface area contributed by atoms with Gasteiger partial charge < -0.3 is 24.8 Å². The molecule has 8 heteroatoms. The first-order valence-corrected chi connectivity index (χ1v) is 7.99. The predicted molar refractivity (Wildman–Crippen MR) is 85.3 cm³/mol. The summed E-state index contributed by atoms with van der Waals surface area (Å²) in [6.45, 7) is 7.69. The number of rotatable bonds is 8. The summed E-state index contributed by atoms with van der Waals surface area (Å²) in [5.41, 5.74) is -1.26. The molecule has 21 heavy (non-hydrogen) atoms. The number of esters is 1. The van der Waals surface area contributed by atoms with Gasteiger partial charge in [-0.15, -0.1) is 0 Å². The van der Waals surface area contributed by atoms with E-state index in [2.05, 4.69) is 31.9 Å². The van der Waals surface area contributed by atoms with Crippen LogP contribution in [0.25, 0.3) is 0 Å². The lowest BCUT2D eigenvalue weighted by Crippen LogP contribution is -2.45. The number of aliphatic hydroxyl groups is 3. The van der Waals surface area contributed by atoms with Gasteiger partial charge in [0.25, 0.3) is 0 Å². The van der Waals surface area contributed by atoms with Crippen molar-refractivity contribution in [3.63, 3.8) is 0 Å². The monoisotopic (exact) mass is 434 g/mol. The van der Waals surface area contributed by atoms with Crippen LogP contribution in [0.4, 0.5) is 0 Å². The Morgan fingerprint density at radius 1 is 1.05 bits per heavy atom. The van der Waals surface area contributed by atoms with Crippen LogP contribution in [-0.4, -0.2) is 55.7 Å². The molecule has 0 aliphatic carbocycles. The molecule has 0 aromatic heterocycles. The molecule has 126 valence electrons. The largest absolute Gasteiger partial charge is 0.464 e. The van der Waals surface area contributed by atoms with Crippen molar-refractivity contribution in [2.45, 2.75) is 55.8 Å². The zero-order chi connectivity index (χ0) is 17.1. The molecule has 0 saturated heterocycles. The number of halogens is 2. The van der Waals surface area contributed by atoms with E-state index in [1.54, 1.807) is 27.7 Å². The van der Waals surface area contributed by atoms with Gasteiger partial charge in [-0.2, -0.15) is 0 Å². The van der Waals surface area contributed by atoms with Gasteiger partial charge in [-0.05, 0) is 34.6 Å². The zero-order valence-corrected chi connectivity index (χ0v) is 16.1. The second-order valence-corrected chi connectivity index (χ2v) is 10.3. The van der Waals surface area contributed by atoms with Gasteiger partial charge in [0.1, 0.15) is 10.9 Å². The highest BCUT2D eigenvalue weighted by molar-refractivity contribution is 9.10. The second-order valence-electron chi connectivity index (χ2n) is 6.30. The highest BCUT2D eigenvalue weighted by Gasteiger charge is 2.38. The van der Waals surface area contributed by atoms with Gasteiger partial charge >= 0.3 is 5.97 Å². The van der Waals surface area contributed by atoms with Crippen molar-refractivity contribution in [1.82, 2.24) is 0 Å². The lowest BCUT2D eigenvalue weighted by Gasteiger charge is -2.34. The van der Waals surface area contributed by atoms with E-state index in [-0.39, 0.29) is 13.2 Å². The highest BCUT2D eigenvalue weighted by Crippen LogP contribution is 2.28. The third-order valence-corrected chi connectivity index (χ3v) is 3.52. The van der Waals surface area contributed by atoms with E-state index >= 15 is 0 Å². The Hall–Kier alpha value is 0.270. The highest BCUT2D eigenvalue weighted by atomic mass is 79.9. The minimum atomic E-state index is -1.77. The fourth-order valence-corrected chi connectivity index (χ4v) is 1.31. The molecule has 0 spiro atoms. The quantitative estimate of drug-likeness (QED) is 0.304. The van der Waals surface area contributed by atoms with Gasteiger partial charge in [-0.3, -0.25) is 4.79 Å². The average molecular weight is 436 g/mol. The molecule has 2 unspecified atom stereocenters. The van der Waals surface area contributed by atoms with Crippen molar-refractivity contribution in [3.8, 4) is 0 Å². The normalized spacial score (nSPS) is 17.5. The summed E-state index contributed by atoms with van der Waals surface area (Å²) >= 11 is 6.41. The van der Waals surface area contributed by atoms with Crippen molar-refractivity contribution < 1.29 is 29.6 Å². The summed E-state index contributed by atoms with van der Waals surface area (Å²) in [6.07, 6.45) is -2.92. The van der Waals surface area contributed by atoms with E-state index in [1.165, 1.54) is 6.92 Å². The van der Waals surface area contributed by atoms with Crippen LogP contribution in [0.1, 0.15) is 34.6 Å². The summed E-state index contributed by atoms with van der Waals surface area (Å²) in [5.74, 6) is -0.532. The van der Waals surface area contributed by atoms with Gasteiger partial charge in [0.05, 0.1) is 16.3 Å². The van der Waals surface area contributed by atoms with E-state index in [9.17, 15) is 20.1 Å². The Kier molecular flexibility index (Phi) is 7.80. The topological polar surface area (TPSA) is 96.2 Å². The molecule has 0 rings (SSSR count). The smallest absolute Gasteiger partial charge is 0.322 e. The van der Waals surface area contributed by atoms with E-state index in [1.807, 2.05) is 0 Å². The van der Waals surface area contributed by atoms with E-state index in [0.29, 0.717) is 0 Å². The van der Waals surface area contributed by atoms with Crippen molar-refractivity contribution in [3.05, 3.63) is 0 Å². The second kappa shape index (κ2) is 7.70. The molecule has 0 fully saturated rings. The predicted octanol–water partition coefficient (Wildman–Crippen LogP) is 1.53. The number of ether oxygens (including phenoxy) is 2. The first kappa shape index (κ1) is 21.3. The first-order chi connectivity index (χ1) is 9.20. The van der Waals surface area contributed by atoms with Crippen LogP contribution in [-0.2, 0) is 14.3 Å². The third kappa shape index (κ3) is 7.38. The molecule has 0 heterocycles. The lowest BCUT2D eigenvalue weighted by molar-refractivity contribution is -0.208. The molecule has 6 nitrogen and oxygen atoms in total. The Balaban J connectivity index is 4.69. The Morgan fingerprint density at radius 3 is 1.86 bits per heavy atom.